The summed E-state index contributed by atoms with van der Waals surface area (Å²) in [6.07, 6.45) is 1.31. The zero-order valence-electron chi connectivity index (χ0n) is 9.93. The molecule has 0 unspecified atom stereocenters. The summed E-state index contributed by atoms with van der Waals surface area (Å²) in [5.41, 5.74) is 0.707. The van der Waals surface area contributed by atoms with Gasteiger partial charge in [0.15, 0.2) is 0 Å². The maximum Gasteiger partial charge on any atom is 0.268 e. The molecule has 0 saturated carbocycles. The van der Waals surface area contributed by atoms with Crippen molar-refractivity contribution in [3.8, 4) is 0 Å². The van der Waals surface area contributed by atoms with E-state index in [-0.39, 0.29) is 5.56 Å². The molecule has 0 atom stereocenters. The summed E-state index contributed by atoms with van der Waals surface area (Å²) >= 11 is 1.43. The molecule has 0 aliphatic carbocycles. The van der Waals surface area contributed by atoms with Crippen LogP contribution in [-0.2, 0) is 0 Å². The standard InChI is InChI=1S/C12H16NO2PS/c1-3-16(15,4-2)12-11(14)13-9-7-5-6-8-10(9)17-12/h5-8,15H,3-4H2,1-2H3,(H,13,14). The minimum Gasteiger partial charge on any atom is -0.374 e. The van der Waals surface area contributed by atoms with Crippen LogP contribution in [0.2, 0.25) is 0 Å². The molecule has 0 bridgehead atoms. The van der Waals surface area contributed by atoms with E-state index in [1.54, 1.807) is 0 Å². The van der Waals surface area contributed by atoms with E-state index in [2.05, 4.69) is 4.98 Å². The van der Waals surface area contributed by atoms with Gasteiger partial charge in [0, 0.05) is 7.11 Å². The predicted octanol–water partition coefficient (Wildman–Crippen LogP) is 3.09. The lowest BCUT2D eigenvalue weighted by molar-refractivity contribution is 0.617. The molecule has 17 heavy (non-hydrogen) atoms. The molecule has 0 amide bonds. The summed E-state index contributed by atoms with van der Waals surface area (Å²) in [4.78, 5) is 25.4. The van der Waals surface area contributed by atoms with Gasteiger partial charge in [-0.2, -0.15) is 0 Å². The summed E-state index contributed by atoms with van der Waals surface area (Å²) in [6.45, 7) is 3.89. The molecule has 0 fully saturated rings. The van der Waals surface area contributed by atoms with Crippen molar-refractivity contribution in [2.24, 2.45) is 0 Å². The SMILES string of the molecule is CCP(O)(CC)=c1sc2ccccc2[nH]c1=O. The topological polar surface area (TPSA) is 53.1 Å². The Labute approximate surface area is 104 Å². The maximum atomic E-state index is 12.0. The third-order valence-corrected chi connectivity index (χ3v) is 8.26. The molecule has 0 aliphatic heterocycles. The van der Waals surface area contributed by atoms with Gasteiger partial charge >= 0.3 is 0 Å². The highest BCUT2D eigenvalue weighted by atomic mass is 32.1. The first kappa shape index (κ1) is 12.6. The third-order valence-electron chi connectivity index (χ3n) is 2.96. The number of aromatic nitrogens is 1. The van der Waals surface area contributed by atoms with E-state index in [1.807, 2.05) is 38.1 Å². The fourth-order valence-corrected chi connectivity index (χ4v) is 5.70. The average molecular weight is 269 g/mol. The Bertz CT molecular complexity index is 678. The summed E-state index contributed by atoms with van der Waals surface area (Å²) < 4.78 is 1.63. The van der Waals surface area contributed by atoms with Gasteiger partial charge in [-0.3, -0.25) is 4.79 Å². The number of hydrogen-bond acceptors (Lipinski definition) is 3. The van der Waals surface area contributed by atoms with Crippen molar-refractivity contribution in [1.29, 1.82) is 0 Å². The molecule has 2 aromatic rings. The van der Waals surface area contributed by atoms with Crippen LogP contribution in [0.1, 0.15) is 13.8 Å². The van der Waals surface area contributed by atoms with E-state index in [9.17, 15) is 9.69 Å². The number of hydrogen-bond donors (Lipinski definition) is 2. The summed E-state index contributed by atoms with van der Waals surface area (Å²) in [6, 6.07) is 7.68. The third kappa shape index (κ3) is 2.25. The Kier molecular flexibility index (Phi) is 3.57. The first-order valence-corrected chi connectivity index (χ1v) is 8.59. The summed E-state index contributed by atoms with van der Waals surface area (Å²) in [5.74, 6) is 0. The largest absolute Gasteiger partial charge is 0.374 e. The second-order valence-electron chi connectivity index (χ2n) is 3.91. The Hall–Kier alpha value is -0.830. The Morgan fingerprint density at radius 1 is 1.29 bits per heavy atom. The highest BCUT2D eigenvalue weighted by Crippen LogP contribution is 2.45. The Morgan fingerprint density at radius 2 is 1.94 bits per heavy atom. The number of para-hydroxylation sites is 1. The number of aromatic amines is 1. The molecular formula is C12H16NO2PS. The van der Waals surface area contributed by atoms with Crippen molar-refractivity contribution in [1.82, 2.24) is 4.98 Å². The van der Waals surface area contributed by atoms with Gasteiger partial charge in [-0.1, -0.05) is 26.0 Å². The fourth-order valence-electron chi connectivity index (χ4n) is 1.77. The molecule has 3 nitrogen and oxygen atoms in total. The zero-order chi connectivity index (χ0) is 12.5. The molecule has 0 aliphatic rings. The first-order valence-electron chi connectivity index (χ1n) is 5.66. The van der Waals surface area contributed by atoms with Gasteiger partial charge in [0.2, 0.25) is 0 Å². The molecule has 2 rings (SSSR count). The molecule has 0 saturated heterocycles. The van der Waals surface area contributed by atoms with Crippen molar-refractivity contribution in [2.75, 3.05) is 12.3 Å². The van der Waals surface area contributed by atoms with Crippen LogP contribution in [0.25, 0.3) is 10.2 Å². The lowest BCUT2D eigenvalue weighted by atomic mass is 10.3. The van der Waals surface area contributed by atoms with Gasteiger partial charge in [0.1, 0.15) is 4.25 Å². The van der Waals surface area contributed by atoms with Gasteiger partial charge in [-0.05, 0) is 24.5 Å². The normalized spacial score (nSPS) is 11.9. The van der Waals surface area contributed by atoms with Crippen molar-refractivity contribution in [2.45, 2.75) is 13.8 Å². The van der Waals surface area contributed by atoms with Crippen molar-refractivity contribution >= 4 is 28.7 Å². The van der Waals surface area contributed by atoms with Crippen LogP contribution in [-0.4, -0.2) is 22.2 Å². The molecule has 1 aromatic carbocycles. The number of benzene rings is 1. The van der Waals surface area contributed by atoms with Crippen LogP contribution in [0.15, 0.2) is 29.1 Å². The second-order valence-corrected chi connectivity index (χ2v) is 8.82. The molecular weight excluding hydrogens is 253 g/mol. The van der Waals surface area contributed by atoms with Crippen LogP contribution < -0.4 is 5.56 Å². The molecule has 5 heteroatoms. The maximum absolute atomic E-state index is 12.0. The lowest BCUT2D eigenvalue weighted by Crippen LogP contribution is -2.07. The smallest absolute Gasteiger partial charge is 0.268 e. The number of fused-ring (bicyclic) bond motifs is 1. The highest BCUT2D eigenvalue weighted by Gasteiger charge is 2.13. The molecule has 0 spiro atoms. The van der Waals surface area contributed by atoms with Gasteiger partial charge in [-0.15, -0.1) is 11.3 Å². The molecule has 1 aromatic heterocycles. The Morgan fingerprint density at radius 3 is 2.59 bits per heavy atom. The van der Waals surface area contributed by atoms with Gasteiger partial charge in [-0.25, -0.2) is 0 Å². The van der Waals surface area contributed by atoms with Crippen LogP contribution >= 0.6 is 18.4 Å². The van der Waals surface area contributed by atoms with E-state index in [4.69, 9.17) is 0 Å². The minimum atomic E-state index is -2.25. The average Bonchev–Trinajstić information content (AvgIpc) is 2.37. The summed E-state index contributed by atoms with van der Waals surface area (Å²) in [7, 11) is -2.25. The van der Waals surface area contributed by atoms with Crippen LogP contribution in [0.3, 0.4) is 0 Å². The van der Waals surface area contributed by atoms with E-state index in [0.717, 1.165) is 10.2 Å². The van der Waals surface area contributed by atoms with Crippen molar-refractivity contribution < 1.29 is 4.89 Å². The molecule has 0 radical (unpaired) electrons. The van der Waals surface area contributed by atoms with Crippen LogP contribution in [0, 0.1) is 4.25 Å². The Balaban J connectivity index is 2.98. The minimum absolute atomic E-state index is 0.131. The van der Waals surface area contributed by atoms with Crippen LogP contribution in [0.5, 0.6) is 0 Å². The monoisotopic (exact) mass is 269 g/mol. The van der Waals surface area contributed by atoms with Gasteiger partial charge < -0.3 is 9.88 Å². The van der Waals surface area contributed by atoms with E-state index >= 15 is 0 Å². The first-order chi connectivity index (χ1) is 8.10. The molecule has 2 N–H and O–H groups in total. The van der Waals surface area contributed by atoms with Crippen LogP contribution in [0.4, 0.5) is 0 Å². The van der Waals surface area contributed by atoms with E-state index in [1.165, 1.54) is 11.3 Å². The summed E-state index contributed by atoms with van der Waals surface area (Å²) in [5, 5.41) is 0. The van der Waals surface area contributed by atoms with Gasteiger partial charge in [0.25, 0.3) is 5.56 Å². The number of H-pyrrole nitrogens is 1. The lowest BCUT2D eigenvalue weighted by Gasteiger charge is -2.14. The number of rotatable bonds is 2. The van der Waals surface area contributed by atoms with Crippen molar-refractivity contribution in [3.05, 3.63) is 38.9 Å². The quantitative estimate of drug-likeness (QED) is 0.823. The van der Waals surface area contributed by atoms with E-state index < -0.39 is 7.11 Å². The second kappa shape index (κ2) is 4.81. The predicted molar refractivity (Wildman–Crippen MR) is 75.9 cm³/mol. The highest BCUT2D eigenvalue weighted by molar-refractivity contribution is 7.65. The molecule has 1 heterocycles. The van der Waals surface area contributed by atoms with Crippen molar-refractivity contribution in [3.63, 3.8) is 0 Å². The molecule has 92 valence electrons. The fraction of sp³-hybridized carbons (Fsp3) is 0.333. The number of nitrogens with one attached hydrogen (secondary N) is 1. The zero-order valence-corrected chi connectivity index (χ0v) is 11.6. The van der Waals surface area contributed by atoms with E-state index in [0.29, 0.717) is 16.6 Å². The van der Waals surface area contributed by atoms with Gasteiger partial charge in [0.05, 0.1) is 10.2 Å².